The van der Waals surface area contributed by atoms with Gasteiger partial charge in [0.15, 0.2) is 0 Å². The van der Waals surface area contributed by atoms with Gasteiger partial charge < -0.3 is 4.90 Å². The Bertz CT molecular complexity index is 641. The highest BCUT2D eigenvalue weighted by Gasteiger charge is 2.24. The molecule has 2 aliphatic rings. The zero-order valence-corrected chi connectivity index (χ0v) is 12.9. The van der Waals surface area contributed by atoms with Crippen molar-refractivity contribution < 1.29 is 0 Å². The van der Waals surface area contributed by atoms with Crippen LogP contribution >= 0.6 is 11.3 Å². The molecule has 3 heterocycles. The lowest BCUT2D eigenvalue weighted by Crippen LogP contribution is -2.20. The molecule has 0 radical (unpaired) electrons. The molecule has 0 bridgehead atoms. The fraction of sp³-hybridized carbons (Fsp3) is 0.625. The molecule has 0 aromatic carbocycles. The zero-order valence-electron chi connectivity index (χ0n) is 12.1. The van der Waals surface area contributed by atoms with E-state index in [0.717, 1.165) is 12.2 Å². The number of fused-ring (bicyclic) bond motifs is 3. The highest BCUT2D eigenvalue weighted by atomic mass is 32.1. The minimum absolute atomic E-state index is 0.930. The van der Waals surface area contributed by atoms with Gasteiger partial charge in [0.2, 0.25) is 0 Å². The molecular formula is C16H21N3S. The molecule has 0 spiro atoms. The number of hydrogen-bond donors (Lipinski definition) is 0. The first-order valence-electron chi connectivity index (χ1n) is 7.93. The van der Waals surface area contributed by atoms with Crippen molar-refractivity contribution in [3.05, 3.63) is 16.3 Å². The SMILES string of the molecule is CCc1nc(N2CCCC2)c2c3c(sc2n1)CCCC3. The Morgan fingerprint density at radius 3 is 2.65 bits per heavy atom. The van der Waals surface area contributed by atoms with Gasteiger partial charge in [-0.15, -0.1) is 11.3 Å². The molecular weight excluding hydrogens is 266 g/mol. The van der Waals surface area contributed by atoms with Crippen LogP contribution in [0.3, 0.4) is 0 Å². The predicted molar refractivity (Wildman–Crippen MR) is 84.9 cm³/mol. The van der Waals surface area contributed by atoms with Gasteiger partial charge in [0.05, 0.1) is 5.39 Å². The van der Waals surface area contributed by atoms with E-state index in [0.29, 0.717) is 0 Å². The molecule has 1 fully saturated rings. The summed E-state index contributed by atoms with van der Waals surface area (Å²) >= 11 is 1.92. The Hall–Kier alpha value is -1.16. The summed E-state index contributed by atoms with van der Waals surface area (Å²) in [5.74, 6) is 2.25. The summed E-state index contributed by atoms with van der Waals surface area (Å²) in [7, 11) is 0. The van der Waals surface area contributed by atoms with Gasteiger partial charge in [0.1, 0.15) is 16.5 Å². The maximum Gasteiger partial charge on any atom is 0.141 e. The number of nitrogens with zero attached hydrogens (tertiary/aromatic N) is 3. The van der Waals surface area contributed by atoms with Crippen LogP contribution in [-0.4, -0.2) is 23.1 Å². The van der Waals surface area contributed by atoms with Crippen LogP contribution in [0.25, 0.3) is 10.2 Å². The summed E-state index contributed by atoms with van der Waals surface area (Å²) in [6.45, 7) is 4.49. The monoisotopic (exact) mass is 287 g/mol. The van der Waals surface area contributed by atoms with Crippen molar-refractivity contribution in [2.24, 2.45) is 0 Å². The summed E-state index contributed by atoms with van der Waals surface area (Å²) in [5.41, 5.74) is 1.57. The smallest absolute Gasteiger partial charge is 0.141 e. The number of rotatable bonds is 2. The standard InChI is InChI=1S/C16H21N3S/c1-2-13-17-15(19-9-5-6-10-19)14-11-7-3-4-8-12(11)20-16(14)18-13/h2-10H2,1H3. The maximum absolute atomic E-state index is 4.90. The molecule has 0 unspecified atom stereocenters. The summed E-state index contributed by atoms with van der Waals surface area (Å²) < 4.78 is 0. The van der Waals surface area contributed by atoms with Gasteiger partial charge in [-0.05, 0) is 44.1 Å². The van der Waals surface area contributed by atoms with Gasteiger partial charge in [-0.1, -0.05) is 6.92 Å². The fourth-order valence-electron chi connectivity index (χ4n) is 3.50. The first-order valence-corrected chi connectivity index (χ1v) is 8.74. The van der Waals surface area contributed by atoms with Gasteiger partial charge in [0, 0.05) is 24.4 Å². The second-order valence-electron chi connectivity index (χ2n) is 5.90. The van der Waals surface area contributed by atoms with E-state index in [1.807, 2.05) is 11.3 Å². The molecule has 0 saturated carbocycles. The van der Waals surface area contributed by atoms with E-state index >= 15 is 0 Å². The first-order chi connectivity index (χ1) is 9.86. The summed E-state index contributed by atoms with van der Waals surface area (Å²) in [6.07, 6.45) is 8.68. The number of thiophene rings is 1. The third kappa shape index (κ3) is 1.93. The second kappa shape index (κ2) is 4.99. The van der Waals surface area contributed by atoms with E-state index in [2.05, 4.69) is 11.8 Å². The van der Waals surface area contributed by atoms with E-state index < -0.39 is 0 Å². The lowest BCUT2D eigenvalue weighted by atomic mass is 9.97. The van der Waals surface area contributed by atoms with Crippen molar-refractivity contribution in [3.8, 4) is 0 Å². The third-order valence-corrected chi connectivity index (χ3v) is 5.75. The lowest BCUT2D eigenvalue weighted by molar-refractivity contribution is 0.700. The molecule has 1 aliphatic carbocycles. The molecule has 4 rings (SSSR count). The van der Waals surface area contributed by atoms with Crippen LogP contribution in [0.2, 0.25) is 0 Å². The average molecular weight is 287 g/mol. The van der Waals surface area contributed by atoms with Crippen LogP contribution in [0.15, 0.2) is 0 Å². The molecule has 0 amide bonds. The summed E-state index contributed by atoms with van der Waals surface area (Å²) in [6, 6.07) is 0. The van der Waals surface area contributed by atoms with E-state index in [1.165, 1.54) is 67.6 Å². The van der Waals surface area contributed by atoms with Crippen LogP contribution in [0.1, 0.15) is 48.9 Å². The van der Waals surface area contributed by atoms with Gasteiger partial charge in [-0.2, -0.15) is 0 Å². The molecule has 4 heteroatoms. The highest BCUT2D eigenvalue weighted by Crippen LogP contribution is 2.40. The first kappa shape index (κ1) is 12.6. The largest absolute Gasteiger partial charge is 0.356 e. The van der Waals surface area contributed by atoms with Crippen molar-refractivity contribution in [2.45, 2.75) is 51.9 Å². The Labute approximate surface area is 124 Å². The average Bonchev–Trinajstić information content (AvgIpc) is 3.13. The molecule has 106 valence electrons. The van der Waals surface area contributed by atoms with Crippen molar-refractivity contribution >= 4 is 27.4 Å². The van der Waals surface area contributed by atoms with Gasteiger partial charge >= 0.3 is 0 Å². The van der Waals surface area contributed by atoms with Gasteiger partial charge in [0.25, 0.3) is 0 Å². The quantitative estimate of drug-likeness (QED) is 0.842. The molecule has 2 aromatic heterocycles. The summed E-state index contributed by atoms with van der Waals surface area (Å²) in [4.78, 5) is 15.0. The molecule has 1 saturated heterocycles. The van der Waals surface area contributed by atoms with Crippen LogP contribution in [-0.2, 0) is 19.3 Å². The molecule has 1 aliphatic heterocycles. The number of aromatic nitrogens is 2. The molecule has 2 aromatic rings. The van der Waals surface area contributed by atoms with Crippen LogP contribution < -0.4 is 4.90 Å². The van der Waals surface area contributed by atoms with E-state index in [1.54, 1.807) is 10.4 Å². The Balaban J connectivity index is 1.95. The molecule has 0 atom stereocenters. The molecule has 0 N–H and O–H groups in total. The highest BCUT2D eigenvalue weighted by molar-refractivity contribution is 7.19. The fourth-order valence-corrected chi connectivity index (χ4v) is 4.77. The van der Waals surface area contributed by atoms with Crippen molar-refractivity contribution in [1.29, 1.82) is 0 Å². The van der Waals surface area contributed by atoms with Crippen LogP contribution in [0.5, 0.6) is 0 Å². The molecule has 20 heavy (non-hydrogen) atoms. The van der Waals surface area contributed by atoms with E-state index in [4.69, 9.17) is 9.97 Å². The second-order valence-corrected chi connectivity index (χ2v) is 6.99. The molecule has 3 nitrogen and oxygen atoms in total. The van der Waals surface area contributed by atoms with Crippen molar-refractivity contribution in [3.63, 3.8) is 0 Å². The Kier molecular flexibility index (Phi) is 3.14. The van der Waals surface area contributed by atoms with E-state index in [9.17, 15) is 0 Å². The maximum atomic E-state index is 4.90. The van der Waals surface area contributed by atoms with Gasteiger partial charge in [-0.25, -0.2) is 9.97 Å². The number of anilines is 1. The normalized spacial score (nSPS) is 18.8. The minimum Gasteiger partial charge on any atom is -0.356 e. The third-order valence-electron chi connectivity index (χ3n) is 4.56. The Morgan fingerprint density at radius 1 is 1.05 bits per heavy atom. The van der Waals surface area contributed by atoms with Crippen LogP contribution in [0.4, 0.5) is 5.82 Å². The van der Waals surface area contributed by atoms with Crippen molar-refractivity contribution in [1.82, 2.24) is 9.97 Å². The number of aryl methyl sites for hydroxylation is 3. The van der Waals surface area contributed by atoms with E-state index in [-0.39, 0.29) is 0 Å². The zero-order chi connectivity index (χ0) is 13.5. The number of hydrogen-bond acceptors (Lipinski definition) is 4. The summed E-state index contributed by atoms with van der Waals surface area (Å²) in [5, 5.41) is 1.39. The van der Waals surface area contributed by atoms with Crippen LogP contribution in [0, 0.1) is 0 Å². The van der Waals surface area contributed by atoms with Gasteiger partial charge in [-0.3, -0.25) is 0 Å². The predicted octanol–water partition coefficient (Wildman–Crippen LogP) is 3.73. The Morgan fingerprint density at radius 2 is 1.85 bits per heavy atom. The minimum atomic E-state index is 0.930. The van der Waals surface area contributed by atoms with Crippen molar-refractivity contribution in [2.75, 3.05) is 18.0 Å². The lowest BCUT2D eigenvalue weighted by Gasteiger charge is -2.19. The topological polar surface area (TPSA) is 29.0 Å².